The van der Waals surface area contributed by atoms with Gasteiger partial charge in [0, 0.05) is 18.2 Å². The molecule has 2 heterocycles. The Morgan fingerprint density at radius 3 is 2.76 bits per heavy atom. The van der Waals surface area contributed by atoms with E-state index in [2.05, 4.69) is 9.97 Å². The van der Waals surface area contributed by atoms with Crippen LogP contribution >= 0.6 is 11.6 Å². The normalized spacial score (nSPS) is 13.2. The lowest BCUT2D eigenvalue weighted by atomic mass is 10.1. The van der Waals surface area contributed by atoms with Crippen molar-refractivity contribution >= 4 is 11.6 Å². The van der Waals surface area contributed by atoms with Gasteiger partial charge in [0.05, 0.1) is 5.69 Å². The van der Waals surface area contributed by atoms with E-state index in [1.807, 2.05) is 25.1 Å². The molecule has 21 heavy (non-hydrogen) atoms. The number of rotatable bonds is 4. The zero-order valence-electron chi connectivity index (χ0n) is 11.6. The van der Waals surface area contributed by atoms with Crippen LogP contribution in [0, 0.1) is 0 Å². The number of fused-ring (bicyclic) bond motifs is 1. The van der Waals surface area contributed by atoms with Gasteiger partial charge in [-0.1, -0.05) is 11.6 Å². The van der Waals surface area contributed by atoms with Gasteiger partial charge in [-0.15, -0.1) is 0 Å². The number of ether oxygens (including phenoxy) is 3. The lowest BCUT2D eigenvalue weighted by Crippen LogP contribution is -2.15. The molecule has 0 fully saturated rings. The van der Waals surface area contributed by atoms with Crippen LogP contribution in [0.3, 0.4) is 0 Å². The second-order valence-electron chi connectivity index (χ2n) is 4.49. The number of aromatic nitrogens is 2. The predicted molar refractivity (Wildman–Crippen MR) is 78.8 cm³/mol. The van der Waals surface area contributed by atoms with Crippen molar-refractivity contribution < 1.29 is 14.2 Å². The minimum atomic E-state index is 0.342. The van der Waals surface area contributed by atoms with Crippen molar-refractivity contribution in [2.75, 3.05) is 19.8 Å². The quantitative estimate of drug-likeness (QED) is 0.812. The fraction of sp³-hybridized carbons (Fsp3) is 0.333. The van der Waals surface area contributed by atoms with E-state index in [-0.39, 0.29) is 0 Å². The third-order valence-corrected chi connectivity index (χ3v) is 3.21. The van der Waals surface area contributed by atoms with Gasteiger partial charge in [0.1, 0.15) is 25.0 Å². The maximum atomic E-state index is 6.06. The molecule has 0 spiro atoms. The van der Waals surface area contributed by atoms with Crippen molar-refractivity contribution in [1.82, 2.24) is 9.97 Å². The van der Waals surface area contributed by atoms with E-state index in [0.717, 1.165) is 22.8 Å². The summed E-state index contributed by atoms with van der Waals surface area (Å²) in [6, 6.07) is 7.43. The van der Waals surface area contributed by atoms with Gasteiger partial charge in [0.2, 0.25) is 0 Å². The third-order valence-electron chi connectivity index (χ3n) is 3.01. The van der Waals surface area contributed by atoms with Gasteiger partial charge in [0.25, 0.3) is 0 Å². The van der Waals surface area contributed by atoms with Crippen LogP contribution in [-0.2, 0) is 11.3 Å². The predicted octanol–water partition coefficient (Wildman–Crippen LogP) is 3.10. The molecule has 1 aromatic carbocycles. The number of hydrogen-bond donors (Lipinski definition) is 0. The van der Waals surface area contributed by atoms with Crippen LogP contribution in [0.4, 0.5) is 0 Å². The van der Waals surface area contributed by atoms with E-state index in [1.54, 1.807) is 6.07 Å². The molecular weight excluding hydrogens is 292 g/mol. The summed E-state index contributed by atoms with van der Waals surface area (Å²) in [5, 5.41) is 0.393. The Kier molecular flexibility index (Phi) is 4.22. The minimum Gasteiger partial charge on any atom is -0.486 e. The SMILES string of the molecule is CCOCc1nc(Cl)cc(-c2ccc3c(c2)OCCO3)n1. The fourth-order valence-electron chi connectivity index (χ4n) is 2.07. The van der Waals surface area contributed by atoms with Gasteiger partial charge in [-0.05, 0) is 25.1 Å². The summed E-state index contributed by atoms with van der Waals surface area (Å²) in [6.45, 7) is 4.00. The van der Waals surface area contributed by atoms with Gasteiger partial charge in [-0.25, -0.2) is 9.97 Å². The number of benzene rings is 1. The van der Waals surface area contributed by atoms with E-state index in [0.29, 0.717) is 37.4 Å². The average Bonchev–Trinajstić information content (AvgIpc) is 2.52. The Bertz CT molecular complexity index is 649. The monoisotopic (exact) mass is 306 g/mol. The third kappa shape index (κ3) is 3.25. The molecule has 0 radical (unpaired) electrons. The van der Waals surface area contributed by atoms with E-state index >= 15 is 0 Å². The summed E-state index contributed by atoms with van der Waals surface area (Å²) >= 11 is 6.06. The van der Waals surface area contributed by atoms with Gasteiger partial charge >= 0.3 is 0 Å². The zero-order chi connectivity index (χ0) is 14.7. The maximum Gasteiger partial charge on any atom is 0.162 e. The van der Waals surface area contributed by atoms with E-state index in [1.165, 1.54) is 0 Å². The Morgan fingerprint density at radius 1 is 1.14 bits per heavy atom. The molecule has 1 aliphatic heterocycles. The minimum absolute atomic E-state index is 0.342. The van der Waals surface area contributed by atoms with Crippen LogP contribution in [-0.4, -0.2) is 29.8 Å². The molecule has 0 unspecified atom stereocenters. The summed E-state index contributed by atoms with van der Waals surface area (Å²) in [7, 11) is 0. The molecule has 110 valence electrons. The molecule has 0 aliphatic carbocycles. The molecule has 0 bridgehead atoms. The number of halogens is 1. The molecule has 0 saturated heterocycles. The van der Waals surface area contributed by atoms with Gasteiger partial charge in [0.15, 0.2) is 17.3 Å². The molecule has 1 aromatic heterocycles. The van der Waals surface area contributed by atoms with Crippen LogP contribution < -0.4 is 9.47 Å². The van der Waals surface area contributed by atoms with Gasteiger partial charge in [-0.3, -0.25) is 0 Å². The van der Waals surface area contributed by atoms with E-state index in [9.17, 15) is 0 Å². The van der Waals surface area contributed by atoms with Crippen molar-refractivity contribution in [2.45, 2.75) is 13.5 Å². The zero-order valence-corrected chi connectivity index (χ0v) is 12.4. The van der Waals surface area contributed by atoms with Crippen molar-refractivity contribution in [3.05, 3.63) is 35.2 Å². The standard InChI is InChI=1S/C15H15ClN2O3/c1-2-19-9-15-17-11(8-14(16)18-15)10-3-4-12-13(7-10)21-6-5-20-12/h3-4,7-8H,2,5-6,9H2,1H3. The maximum absolute atomic E-state index is 6.06. The second kappa shape index (κ2) is 6.28. The van der Waals surface area contributed by atoms with Crippen LogP contribution in [0.1, 0.15) is 12.7 Å². The van der Waals surface area contributed by atoms with Gasteiger partial charge in [-0.2, -0.15) is 0 Å². The highest BCUT2D eigenvalue weighted by Crippen LogP contribution is 2.34. The highest BCUT2D eigenvalue weighted by atomic mass is 35.5. The van der Waals surface area contributed by atoms with Crippen molar-refractivity contribution in [2.24, 2.45) is 0 Å². The van der Waals surface area contributed by atoms with Crippen molar-refractivity contribution in [3.8, 4) is 22.8 Å². The summed E-state index contributed by atoms with van der Waals surface area (Å²) in [5.41, 5.74) is 1.64. The van der Waals surface area contributed by atoms with Gasteiger partial charge < -0.3 is 14.2 Å². The lowest BCUT2D eigenvalue weighted by molar-refractivity contribution is 0.128. The summed E-state index contributed by atoms with van der Waals surface area (Å²) in [5.74, 6) is 2.04. The topological polar surface area (TPSA) is 53.5 Å². The van der Waals surface area contributed by atoms with Crippen molar-refractivity contribution in [1.29, 1.82) is 0 Å². The molecule has 0 amide bonds. The van der Waals surface area contributed by atoms with Crippen LogP contribution in [0.15, 0.2) is 24.3 Å². The van der Waals surface area contributed by atoms with Crippen LogP contribution in [0.5, 0.6) is 11.5 Å². The average molecular weight is 307 g/mol. The van der Waals surface area contributed by atoms with Crippen LogP contribution in [0.25, 0.3) is 11.3 Å². The first kappa shape index (κ1) is 14.1. The second-order valence-corrected chi connectivity index (χ2v) is 4.87. The molecule has 2 aromatic rings. The summed E-state index contributed by atoms with van der Waals surface area (Å²) in [4.78, 5) is 8.63. The van der Waals surface area contributed by atoms with E-state index in [4.69, 9.17) is 25.8 Å². The Hall–Kier alpha value is -1.85. The Labute approximate surface area is 127 Å². The Morgan fingerprint density at radius 2 is 1.95 bits per heavy atom. The molecule has 0 N–H and O–H groups in total. The van der Waals surface area contributed by atoms with Crippen LogP contribution in [0.2, 0.25) is 5.15 Å². The summed E-state index contributed by atoms with van der Waals surface area (Å²) < 4.78 is 16.4. The largest absolute Gasteiger partial charge is 0.486 e. The molecule has 3 rings (SSSR count). The first-order valence-electron chi connectivity index (χ1n) is 6.77. The fourth-order valence-corrected chi connectivity index (χ4v) is 2.27. The summed E-state index contributed by atoms with van der Waals surface area (Å²) in [6.07, 6.45) is 0. The molecule has 1 aliphatic rings. The smallest absolute Gasteiger partial charge is 0.162 e. The van der Waals surface area contributed by atoms with Crippen molar-refractivity contribution in [3.63, 3.8) is 0 Å². The number of hydrogen-bond acceptors (Lipinski definition) is 5. The Balaban J connectivity index is 1.94. The molecule has 0 saturated carbocycles. The number of nitrogens with zero attached hydrogens (tertiary/aromatic N) is 2. The highest BCUT2D eigenvalue weighted by molar-refractivity contribution is 6.29. The molecule has 0 atom stereocenters. The lowest BCUT2D eigenvalue weighted by Gasteiger charge is -2.18. The first-order chi connectivity index (χ1) is 10.3. The first-order valence-corrected chi connectivity index (χ1v) is 7.15. The highest BCUT2D eigenvalue weighted by Gasteiger charge is 2.14. The van der Waals surface area contributed by atoms with E-state index < -0.39 is 0 Å². The molecular formula is C15H15ClN2O3. The molecule has 5 nitrogen and oxygen atoms in total. The molecule has 6 heteroatoms.